The van der Waals surface area contributed by atoms with Crippen LogP contribution >= 0.6 is 47.0 Å². The number of halogens is 4. The van der Waals surface area contributed by atoms with Gasteiger partial charge in [-0.15, -0.1) is 0 Å². The van der Waals surface area contributed by atoms with E-state index in [-0.39, 0.29) is 66.7 Å². The normalized spacial score (nSPS) is 10.9. The van der Waals surface area contributed by atoms with Crippen molar-refractivity contribution in [1.29, 1.82) is 0 Å². The number of nitrogens with zero attached hydrogens (tertiary/aromatic N) is 16. The van der Waals surface area contributed by atoms with Crippen LogP contribution in [0.5, 0.6) is 0 Å². The minimum Gasteiger partial charge on any atom is -1.00 e. The van der Waals surface area contributed by atoms with E-state index in [1.165, 1.54) is 0 Å². The molecule has 9 rings (SSSR count). The van der Waals surface area contributed by atoms with Crippen molar-refractivity contribution < 1.29 is 85.0 Å². The van der Waals surface area contributed by atoms with Crippen molar-refractivity contribution in [3.8, 4) is 45.6 Å². The summed E-state index contributed by atoms with van der Waals surface area (Å²) in [5.74, 6) is 5.09. The van der Waals surface area contributed by atoms with Gasteiger partial charge in [0.15, 0.2) is 0 Å². The molecule has 16 nitrogen and oxygen atoms in total. The van der Waals surface area contributed by atoms with E-state index in [1.54, 1.807) is 47.0 Å². The number of amidine groups is 4. The molecule has 2 aliphatic rings. The van der Waals surface area contributed by atoms with E-state index in [1.807, 2.05) is 0 Å². The number of aromatic nitrogens is 8. The van der Waals surface area contributed by atoms with Crippen LogP contribution in [-0.2, 0) is 40.1 Å². The first-order valence-corrected chi connectivity index (χ1v) is 28.8. The van der Waals surface area contributed by atoms with Crippen molar-refractivity contribution in [3.05, 3.63) is 95.1 Å². The van der Waals surface area contributed by atoms with Gasteiger partial charge in [-0.1, -0.05) is 48.5 Å². The molecule has 435 valence electrons. The Morgan fingerprint density at radius 3 is 0.864 bits per heavy atom. The van der Waals surface area contributed by atoms with Gasteiger partial charge < -0.3 is 79.5 Å². The Morgan fingerprint density at radius 2 is 0.593 bits per heavy atom. The Balaban J connectivity index is 0.00000282. The average Bonchev–Trinajstić information content (AvgIpc) is 4.30. The maximum Gasteiger partial charge on any atom is 2.00 e. The third kappa shape index (κ3) is 15.1. The zero-order chi connectivity index (χ0) is 54.3. The Kier molecular flexibility index (Phi) is 24.7. The topological polar surface area (TPSA) is 131 Å². The third-order valence-corrected chi connectivity index (χ3v) is 18.4. The van der Waals surface area contributed by atoms with Crippen molar-refractivity contribution in [2.24, 2.45) is 0 Å². The summed E-state index contributed by atoms with van der Waals surface area (Å²) in [7, 11) is 33.2. The van der Waals surface area contributed by atoms with E-state index in [2.05, 4.69) is 223 Å². The van der Waals surface area contributed by atoms with Crippen molar-refractivity contribution in [2.75, 3.05) is 113 Å². The predicted octanol–water partition coefficient (Wildman–Crippen LogP) is -4.17. The molecule has 0 fully saturated rings. The summed E-state index contributed by atoms with van der Waals surface area (Å²) < 4.78 is 8.57. The van der Waals surface area contributed by atoms with Gasteiger partial charge in [0.1, 0.15) is 0 Å². The molecule has 0 N–H and O–H groups in total. The molecular weight excluding hydrogens is 1230 g/mol. The zero-order valence-electron chi connectivity index (χ0n) is 48.4. The molecule has 1 radical (unpaired) electrons. The van der Waals surface area contributed by atoms with Gasteiger partial charge in [0, 0.05) is 67.9 Å². The summed E-state index contributed by atoms with van der Waals surface area (Å²) in [6, 6.07) is 25.9. The first-order valence-electron chi connectivity index (χ1n) is 24.9. The van der Waals surface area contributed by atoms with Gasteiger partial charge in [-0.2, -0.15) is 0 Å². The zero-order valence-corrected chi connectivity index (χ0v) is 55.6. The van der Waals surface area contributed by atoms with E-state index < -0.39 is 0 Å². The van der Waals surface area contributed by atoms with E-state index >= 15 is 0 Å². The maximum absolute atomic E-state index is 5.41. The molecule has 0 saturated carbocycles. The smallest absolute Gasteiger partial charge is 1.00 e. The van der Waals surface area contributed by atoms with Crippen LogP contribution in [0.1, 0.15) is 22.3 Å². The summed E-state index contributed by atoms with van der Waals surface area (Å²) in [6.45, 7) is 0. The number of fused-ring (bicyclic) bond motifs is 20. The summed E-state index contributed by atoms with van der Waals surface area (Å²) in [5.41, 5.74) is 10.2. The van der Waals surface area contributed by atoms with Crippen LogP contribution in [0.2, 0.25) is 0 Å². The van der Waals surface area contributed by atoms with Crippen LogP contribution in [0.4, 0.5) is 0 Å². The molecule has 0 unspecified atom stereocenters. The SMILES string of the molecule is CN(C)C(SCc1ccc2c(c1)-c1nc-2nc2[n-]c(nc3nc(nc4[n-]c(n1)c1ccc(CSC(N(C)C)=[N+](C)C)cc41)-c1cc(CSC(N(C)C)=[N+](C)C)ccc1-3)c1ccc(CSC(N(C)C)=[N+](C)C)cc21)=[N+](C)C.[Cl-].[Cl-].[Cl-].[Cl-].[Cu+2]. The van der Waals surface area contributed by atoms with Gasteiger partial charge in [0.2, 0.25) is 0 Å². The molecule has 81 heavy (non-hydrogen) atoms. The fourth-order valence-electron chi connectivity index (χ4n) is 9.44. The van der Waals surface area contributed by atoms with Gasteiger partial charge in [-0.05, 0) is 115 Å². The van der Waals surface area contributed by atoms with E-state index in [9.17, 15) is 0 Å². The van der Waals surface area contributed by atoms with E-state index in [0.717, 1.165) is 110 Å². The molecule has 0 spiro atoms. The number of rotatable bonds is 8. The standard InChI is InChI=1S/C56H68N16S4.4ClH.Cu/c1-65(2)53(66(3)4)73-29-33-17-21-37-41(25-33)49-58-45(37)57-46-38-22-18-35(31-75-55(69(9)10)70(11)12)27-43(38)51(59-46)64-52-44-28-36(32-76-56(71(13)14)72(15)16)20-24-40(44)48(63-52)62-50-42-26-34(19-23-39(42)47(60-49)61-50)30-74-54(67(5)6)68(7)8;;;;;/h17-28H,29-32H2,1-16H3;4*1H;/q+2;;;;;+2/p-4. The Bertz CT molecular complexity index is 3750. The first kappa shape index (κ1) is 68.7. The molecule has 0 amide bonds. The fourth-order valence-corrected chi connectivity index (χ4v) is 13.4. The average molecular weight is 1300 g/mol. The molecule has 7 aromatic rings. The monoisotopic (exact) mass is 1300 g/mol. The summed E-state index contributed by atoms with van der Waals surface area (Å²) in [6.07, 6.45) is 0. The number of benzene rings is 4. The van der Waals surface area contributed by atoms with Crippen molar-refractivity contribution in [3.63, 3.8) is 0 Å². The second kappa shape index (κ2) is 29.1. The van der Waals surface area contributed by atoms with E-state index in [4.69, 9.17) is 39.9 Å². The molecule has 25 heteroatoms. The molecule has 0 saturated heterocycles. The number of thioether (sulfide) groups is 4. The van der Waals surface area contributed by atoms with E-state index in [0.29, 0.717) is 45.9 Å². The Morgan fingerprint density at radius 1 is 0.346 bits per heavy atom. The minimum absolute atomic E-state index is 0. The molecule has 3 aromatic heterocycles. The fraction of sp³-hybridized carbons (Fsp3) is 0.357. The van der Waals surface area contributed by atoms with Gasteiger partial charge in [-0.25, -0.2) is 9.97 Å². The third-order valence-electron chi connectivity index (χ3n) is 12.5. The van der Waals surface area contributed by atoms with Crippen molar-refractivity contribution in [2.45, 2.75) is 23.0 Å². The van der Waals surface area contributed by atoms with Gasteiger partial charge in [-0.3, -0.25) is 37.9 Å². The van der Waals surface area contributed by atoms with Crippen LogP contribution in [0.25, 0.3) is 89.7 Å². The second-order valence-corrected chi connectivity index (χ2v) is 24.2. The van der Waals surface area contributed by atoms with Gasteiger partial charge >= 0.3 is 37.7 Å². The summed E-state index contributed by atoms with van der Waals surface area (Å²) >= 11 is 7.13. The van der Waals surface area contributed by atoms with Crippen LogP contribution in [0.15, 0.2) is 72.8 Å². The molecule has 0 atom stereocenters. The van der Waals surface area contributed by atoms with Crippen molar-refractivity contribution in [1.82, 2.24) is 59.5 Å². The number of hydrogen-bond donors (Lipinski definition) is 0. The predicted molar refractivity (Wildman–Crippen MR) is 322 cm³/mol. The summed E-state index contributed by atoms with van der Waals surface area (Å²) in [4.78, 5) is 51.1. The first-order chi connectivity index (χ1) is 36.2. The molecule has 4 aromatic carbocycles. The largest absolute Gasteiger partial charge is 2.00 e. The maximum atomic E-state index is 5.41. The quantitative estimate of drug-likeness (QED) is 0.0632. The molecule has 5 heterocycles. The van der Waals surface area contributed by atoms with Gasteiger partial charge in [0.05, 0.1) is 136 Å². The number of hydrogen-bond acceptors (Lipinski definition) is 10. The van der Waals surface area contributed by atoms with Crippen LogP contribution in [0.3, 0.4) is 0 Å². The van der Waals surface area contributed by atoms with Crippen molar-refractivity contribution >= 4 is 112 Å². The molecule has 2 aliphatic heterocycles. The summed E-state index contributed by atoms with van der Waals surface area (Å²) in [5, 5.41) is 8.11. The van der Waals surface area contributed by atoms with Gasteiger partial charge in [0.25, 0.3) is 0 Å². The Hall–Kier alpha value is -4.80. The molecular formula is C56H68Cl4CuN16S4. The van der Waals surface area contributed by atoms with Crippen LogP contribution < -0.4 is 59.6 Å². The minimum atomic E-state index is 0. The molecule has 0 aliphatic carbocycles. The van der Waals surface area contributed by atoms with Crippen LogP contribution in [0, 0.1) is 0 Å². The van der Waals surface area contributed by atoms with Crippen LogP contribution in [-0.4, -0.2) is 201 Å². The molecule has 8 bridgehead atoms. The second-order valence-electron chi connectivity index (χ2n) is 20.4. The Labute approximate surface area is 528 Å².